The van der Waals surface area contributed by atoms with Crippen LogP contribution in [0.15, 0.2) is 60.7 Å². The lowest BCUT2D eigenvalue weighted by atomic mass is 9.75. The number of nitrogens with zero attached hydrogens (tertiary/aromatic N) is 1. The fourth-order valence-corrected chi connectivity index (χ4v) is 4.30. The summed E-state index contributed by atoms with van der Waals surface area (Å²) >= 11 is 0. The average Bonchev–Trinajstić information content (AvgIpc) is 3.26. The number of terminal acetylenes is 1. The summed E-state index contributed by atoms with van der Waals surface area (Å²) in [5.41, 5.74) is 2.18. The maximum absolute atomic E-state index is 12.7. The molecule has 2 atom stereocenters. The van der Waals surface area contributed by atoms with Gasteiger partial charge >= 0.3 is 6.09 Å². The highest BCUT2D eigenvalue weighted by Gasteiger charge is 2.37. The third-order valence-electron chi connectivity index (χ3n) is 5.93. The van der Waals surface area contributed by atoms with Crippen molar-refractivity contribution in [2.24, 2.45) is 5.92 Å². The van der Waals surface area contributed by atoms with Gasteiger partial charge < -0.3 is 9.47 Å². The smallest absolute Gasteiger partial charge is 0.416 e. The summed E-state index contributed by atoms with van der Waals surface area (Å²) in [6.45, 7) is 7.62. The minimum absolute atomic E-state index is 0.0877. The summed E-state index contributed by atoms with van der Waals surface area (Å²) in [6.07, 6.45) is 9.65. The normalized spacial score (nSPS) is 19.7. The van der Waals surface area contributed by atoms with Gasteiger partial charge in [-0.3, -0.25) is 4.79 Å². The first-order valence-electron chi connectivity index (χ1n) is 11.4. The lowest BCUT2D eigenvalue weighted by Crippen LogP contribution is -2.38. The van der Waals surface area contributed by atoms with Gasteiger partial charge in [0, 0.05) is 13.0 Å². The molecule has 2 saturated heterocycles. The number of carbonyl (C=O) groups excluding carboxylic acids is 2. The van der Waals surface area contributed by atoms with Crippen LogP contribution in [0, 0.1) is 25.7 Å². The first-order chi connectivity index (χ1) is 15.9. The highest BCUT2D eigenvalue weighted by Crippen LogP contribution is 2.40. The van der Waals surface area contributed by atoms with Gasteiger partial charge in [-0.25, -0.2) is 9.69 Å². The number of benzene rings is 2. The monoisotopic (exact) mass is 449 g/mol. The van der Waals surface area contributed by atoms with Crippen LogP contribution in [0.2, 0.25) is 0 Å². The zero-order valence-electron chi connectivity index (χ0n) is 19.9. The fourth-order valence-electron chi connectivity index (χ4n) is 4.30. The standard InChI is InChI=1S/C20H27NO4.C6H6.C2H2/c1-14-4-6-15(7-5-14)17(16-8-10-25-20(2,3)13-16)12-18(22)21-9-11-24-19(21)23;1-2-4-6-5-3-1;1-2/h4-7,16-17H,8-13H2,1-3H3;1-6H;1-2H. The molecule has 4 rings (SSSR count). The van der Waals surface area contributed by atoms with Crippen LogP contribution in [0.25, 0.3) is 0 Å². The molecule has 0 radical (unpaired) electrons. The van der Waals surface area contributed by atoms with Gasteiger partial charge in [0.15, 0.2) is 0 Å². The number of ether oxygens (including phenoxy) is 2. The molecule has 2 aliphatic heterocycles. The second kappa shape index (κ2) is 12.8. The molecule has 2 amide bonds. The molecule has 2 aliphatic rings. The van der Waals surface area contributed by atoms with Crippen molar-refractivity contribution in [1.29, 1.82) is 0 Å². The fraction of sp³-hybridized carbons (Fsp3) is 0.429. The molecule has 2 heterocycles. The van der Waals surface area contributed by atoms with Crippen molar-refractivity contribution in [3.63, 3.8) is 0 Å². The van der Waals surface area contributed by atoms with E-state index in [1.54, 1.807) is 0 Å². The van der Waals surface area contributed by atoms with Crippen molar-refractivity contribution in [2.75, 3.05) is 19.8 Å². The average molecular weight is 450 g/mol. The van der Waals surface area contributed by atoms with Crippen LogP contribution in [0.3, 0.4) is 0 Å². The van der Waals surface area contributed by atoms with Gasteiger partial charge in [0.2, 0.25) is 5.91 Å². The molecule has 2 fully saturated rings. The van der Waals surface area contributed by atoms with Gasteiger partial charge in [-0.05, 0) is 51.0 Å². The SMILES string of the molecule is C#C.Cc1ccc(C(CC(=O)N2CCOC2=O)C2CCOC(C)(C)C2)cc1.c1ccccc1. The highest BCUT2D eigenvalue weighted by molar-refractivity contribution is 5.93. The molecule has 2 aromatic carbocycles. The predicted molar refractivity (Wildman–Crippen MR) is 131 cm³/mol. The summed E-state index contributed by atoms with van der Waals surface area (Å²) in [7, 11) is 0. The van der Waals surface area contributed by atoms with Crippen molar-refractivity contribution in [1.82, 2.24) is 4.90 Å². The predicted octanol–water partition coefficient (Wildman–Crippen LogP) is 5.59. The molecular formula is C28H35NO4. The van der Waals surface area contributed by atoms with Crippen molar-refractivity contribution < 1.29 is 19.1 Å². The maximum Gasteiger partial charge on any atom is 0.416 e. The Balaban J connectivity index is 0.000000411. The van der Waals surface area contributed by atoms with E-state index in [4.69, 9.17) is 9.47 Å². The Kier molecular flexibility index (Phi) is 10.2. The largest absolute Gasteiger partial charge is 0.447 e. The van der Waals surface area contributed by atoms with E-state index in [9.17, 15) is 9.59 Å². The molecule has 5 nitrogen and oxygen atoms in total. The Morgan fingerprint density at radius 3 is 2.12 bits per heavy atom. The van der Waals surface area contributed by atoms with Crippen molar-refractivity contribution >= 4 is 12.0 Å². The molecule has 0 aliphatic carbocycles. The zero-order valence-corrected chi connectivity index (χ0v) is 19.9. The number of amides is 2. The molecule has 2 aromatic rings. The minimum Gasteiger partial charge on any atom is -0.447 e. The molecule has 5 heteroatoms. The Hall–Kier alpha value is -3.10. The van der Waals surface area contributed by atoms with Gasteiger partial charge in [-0.15, -0.1) is 12.8 Å². The van der Waals surface area contributed by atoms with Crippen molar-refractivity contribution in [3.8, 4) is 12.8 Å². The molecule has 2 unspecified atom stereocenters. The van der Waals surface area contributed by atoms with Gasteiger partial charge in [0.05, 0.1) is 12.1 Å². The second-order valence-corrected chi connectivity index (χ2v) is 8.90. The van der Waals surface area contributed by atoms with Gasteiger partial charge in [0.25, 0.3) is 0 Å². The number of cyclic esters (lactones) is 1. The number of aryl methyl sites for hydroxylation is 1. The number of rotatable bonds is 4. The Bertz CT molecular complexity index is 862. The van der Waals surface area contributed by atoms with E-state index >= 15 is 0 Å². The third-order valence-corrected chi connectivity index (χ3v) is 5.93. The van der Waals surface area contributed by atoms with Crippen LogP contribution < -0.4 is 0 Å². The lowest BCUT2D eigenvalue weighted by molar-refractivity contribution is -0.129. The molecule has 0 bridgehead atoms. The van der Waals surface area contributed by atoms with Crippen LogP contribution >= 0.6 is 0 Å². The van der Waals surface area contributed by atoms with E-state index < -0.39 is 6.09 Å². The summed E-state index contributed by atoms with van der Waals surface area (Å²) in [4.78, 5) is 25.7. The second-order valence-electron chi connectivity index (χ2n) is 8.90. The van der Waals surface area contributed by atoms with Gasteiger partial charge in [-0.2, -0.15) is 0 Å². The van der Waals surface area contributed by atoms with E-state index in [0.717, 1.165) is 18.4 Å². The van der Waals surface area contributed by atoms with Crippen molar-refractivity contribution in [2.45, 2.75) is 51.6 Å². The van der Waals surface area contributed by atoms with E-state index in [-0.39, 0.29) is 17.4 Å². The number of carbonyl (C=O) groups is 2. The van der Waals surface area contributed by atoms with Gasteiger partial charge in [0.1, 0.15) is 6.61 Å². The summed E-state index contributed by atoms with van der Waals surface area (Å²) in [6, 6.07) is 20.4. The first-order valence-corrected chi connectivity index (χ1v) is 11.4. The lowest BCUT2D eigenvalue weighted by Gasteiger charge is -2.39. The van der Waals surface area contributed by atoms with E-state index in [0.29, 0.717) is 32.1 Å². The number of hydrogen-bond donors (Lipinski definition) is 0. The number of hydrogen-bond acceptors (Lipinski definition) is 4. The van der Waals surface area contributed by atoms with Crippen LogP contribution in [-0.4, -0.2) is 42.3 Å². The Morgan fingerprint density at radius 2 is 1.64 bits per heavy atom. The topological polar surface area (TPSA) is 55.8 Å². The highest BCUT2D eigenvalue weighted by atomic mass is 16.6. The molecular weight excluding hydrogens is 414 g/mol. The van der Waals surface area contributed by atoms with Crippen LogP contribution in [0.4, 0.5) is 4.79 Å². The van der Waals surface area contributed by atoms with Crippen LogP contribution in [-0.2, 0) is 14.3 Å². The Morgan fingerprint density at radius 1 is 1.06 bits per heavy atom. The van der Waals surface area contributed by atoms with Crippen molar-refractivity contribution in [3.05, 3.63) is 71.8 Å². The molecule has 0 spiro atoms. The maximum atomic E-state index is 12.7. The molecule has 176 valence electrons. The Labute approximate surface area is 198 Å². The quantitative estimate of drug-likeness (QED) is 0.571. The molecule has 0 aromatic heterocycles. The summed E-state index contributed by atoms with van der Waals surface area (Å²) in [5.74, 6) is 0.302. The summed E-state index contributed by atoms with van der Waals surface area (Å²) in [5, 5.41) is 0. The molecule has 0 saturated carbocycles. The van der Waals surface area contributed by atoms with Crippen LogP contribution in [0.1, 0.15) is 50.2 Å². The molecule has 0 N–H and O–H groups in total. The van der Waals surface area contributed by atoms with E-state index in [2.05, 4.69) is 57.9 Å². The van der Waals surface area contributed by atoms with Gasteiger partial charge in [-0.1, -0.05) is 66.2 Å². The summed E-state index contributed by atoms with van der Waals surface area (Å²) < 4.78 is 10.8. The molecule has 33 heavy (non-hydrogen) atoms. The van der Waals surface area contributed by atoms with Crippen LogP contribution in [0.5, 0.6) is 0 Å². The minimum atomic E-state index is -0.514. The van der Waals surface area contributed by atoms with E-state index in [1.807, 2.05) is 36.4 Å². The van der Waals surface area contributed by atoms with E-state index in [1.165, 1.54) is 10.5 Å². The third kappa shape index (κ3) is 8.07. The first kappa shape index (κ1) is 26.2. The number of imide groups is 1. The zero-order chi connectivity index (χ0) is 24.3.